The second kappa shape index (κ2) is 10.8. The first-order valence-corrected chi connectivity index (χ1v) is 11.3. The number of aryl methyl sites for hydroxylation is 1. The van der Waals surface area contributed by atoms with Crippen molar-refractivity contribution < 1.29 is 0 Å². The molecule has 0 fully saturated rings. The molecule has 0 aliphatic rings. The number of hydrogen-bond acceptors (Lipinski definition) is 3. The molecule has 1 aromatic heterocycles. The fourth-order valence-electron chi connectivity index (χ4n) is 3.57. The van der Waals surface area contributed by atoms with E-state index in [1.54, 1.807) is 0 Å². The van der Waals surface area contributed by atoms with Crippen LogP contribution in [0.4, 0.5) is 5.69 Å². The Bertz CT molecular complexity index is 1110. The van der Waals surface area contributed by atoms with Crippen molar-refractivity contribution in [2.45, 2.75) is 27.3 Å². The molecule has 3 rings (SSSR count). The molecule has 0 aliphatic carbocycles. The van der Waals surface area contributed by atoms with Crippen LogP contribution in [0.2, 0.25) is 5.02 Å². The quantitative estimate of drug-likeness (QED) is 0.465. The molecule has 0 aliphatic heterocycles. The maximum Gasteiger partial charge on any atom is 0.253 e. The van der Waals surface area contributed by atoms with Gasteiger partial charge in [-0.2, -0.15) is 0 Å². The van der Waals surface area contributed by atoms with E-state index in [2.05, 4.69) is 29.0 Å². The Balaban J connectivity index is 1.86. The van der Waals surface area contributed by atoms with Gasteiger partial charge in [0.1, 0.15) is 0 Å². The van der Waals surface area contributed by atoms with E-state index in [1.807, 2.05) is 60.4 Å². The fraction of sp³-hybridized carbons (Fsp3) is 0.333. The zero-order valence-electron chi connectivity index (χ0n) is 18.2. The minimum atomic E-state index is -0.0832. The second-order valence-electron chi connectivity index (χ2n) is 7.55. The Morgan fingerprint density at radius 3 is 2.55 bits per heavy atom. The van der Waals surface area contributed by atoms with Crippen LogP contribution in [0.25, 0.3) is 10.9 Å². The molecular weight excluding hydrogens is 428 g/mol. The van der Waals surface area contributed by atoms with E-state index in [9.17, 15) is 4.79 Å². The molecule has 0 amide bonds. The molecule has 0 saturated heterocycles. The van der Waals surface area contributed by atoms with Crippen LogP contribution >= 0.6 is 23.8 Å². The monoisotopic (exact) mass is 456 g/mol. The van der Waals surface area contributed by atoms with Crippen molar-refractivity contribution >= 4 is 45.5 Å². The van der Waals surface area contributed by atoms with Crippen molar-refractivity contribution in [1.82, 2.24) is 14.8 Å². The Hall–Kier alpha value is -2.41. The van der Waals surface area contributed by atoms with Gasteiger partial charge in [0.25, 0.3) is 5.56 Å². The first kappa shape index (κ1) is 23.3. The first-order chi connectivity index (χ1) is 14.9. The van der Waals surface area contributed by atoms with Crippen LogP contribution in [0.5, 0.6) is 0 Å². The van der Waals surface area contributed by atoms with Crippen molar-refractivity contribution in [3.8, 4) is 0 Å². The normalized spacial score (nSPS) is 11.1. The number of aromatic amines is 1. The number of rotatable bonds is 8. The van der Waals surface area contributed by atoms with Crippen LogP contribution in [-0.2, 0) is 6.54 Å². The number of likely N-dealkylation sites (N-methyl/N-ethyl adjacent to an activating group) is 1. The maximum absolute atomic E-state index is 12.8. The third kappa shape index (κ3) is 6.06. The van der Waals surface area contributed by atoms with Crippen LogP contribution in [0.1, 0.15) is 25.0 Å². The highest BCUT2D eigenvalue weighted by Crippen LogP contribution is 2.18. The molecule has 0 spiro atoms. The van der Waals surface area contributed by atoms with Gasteiger partial charge in [-0.05, 0) is 67.4 Å². The van der Waals surface area contributed by atoms with Crippen LogP contribution in [0.3, 0.4) is 0 Å². The molecule has 0 radical (unpaired) electrons. The van der Waals surface area contributed by atoms with Crippen LogP contribution in [0, 0.1) is 6.92 Å². The molecular formula is C24H29ClN4OS. The number of nitrogens with one attached hydrogen (secondary N) is 2. The lowest BCUT2D eigenvalue weighted by atomic mass is 10.1. The van der Waals surface area contributed by atoms with E-state index in [0.29, 0.717) is 28.8 Å². The fourth-order valence-corrected chi connectivity index (χ4v) is 4.04. The number of halogens is 1. The van der Waals surface area contributed by atoms with Gasteiger partial charge in [-0.1, -0.05) is 49.7 Å². The Morgan fingerprint density at radius 1 is 1.10 bits per heavy atom. The summed E-state index contributed by atoms with van der Waals surface area (Å²) in [6.07, 6.45) is 0. The van der Waals surface area contributed by atoms with E-state index in [4.69, 9.17) is 23.8 Å². The lowest BCUT2D eigenvalue weighted by molar-refractivity contribution is 0.266. The zero-order chi connectivity index (χ0) is 22.4. The maximum atomic E-state index is 12.8. The predicted octanol–water partition coefficient (Wildman–Crippen LogP) is 5.03. The van der Waals surface area contributed by atoms with Gasteiger partial charge in [-0.3, -0.25) is 4.79 Å². The summed E-state index contributed by atoms with van der Waals surface area (Å²) in [6, 6.07) is 15.4. The van der Waals surface area contributed by atoms with Gasteiger partial charge in [-0.15, -0.1) is 0 Å². The molecule has 0 unspecified atom stereocenters. The lowest BCUT2D eigenvalue weighted by Crippen LogP contribution is -2.41. The molecule has 7 heteroatoms. The van der Waals surface area contributed by atoms with Crippen molar-refractivity contribution in [2.24, 2.45) is 0 Å². The molecule has 0 saturated carbocycles. The molecule has 0 bridgehead atoms. The van der Waals surface area contributed by atoms with E-state index in [1.165, 1.54) is 0 Å². The zero-order valence-corrected chi connectivity index (χ0v) is 19.8. The van der Waals surface area contributed by atoms with Gasteiger partial charge in [-0.25, -0.2) is 0 Å². The highest BCUT2D eigenvalue weighted by molar-refractivity contribution is 7.80. The third-order valence-corrected chi connectivity index (χ3v) is 6.07. The van der Waals surface area contributed by atoms with Gasteiger partial charge in [0.15, 0.2) is 5.11 Å². The van der Waals surface area contributed by atoms with E-state index in [0.717, 1.165) is 41.8 Å². The number of aromatic nitrogens is 1. The van der Waals surface area contributed by atoms with Crippen LogP contribution in [-0.4, -0.2) is 46.1 Å². The summed E-state index contributed by atoms with van der Waals surface area (Å²) in [5, 5.41) is 5.50. The second-order valence-corrected chi connectivity index (χ2v) is 8.37. The summed E-state index contributed by atoms with van der Waals surface area (Å²) in [7, 11) is 0. The smallest absolute Gasteiger partial charge is 0.253 e. The molecule has 0 atom stereocenters. The van der Waals surface area contributed by atoms with Gasteiger partial charge >= 0.3 is 0 Å². The Kier molecular flexibility index (Phi) is 8.07. The molecule has 2 N–H and O–H groups in total. The molecule has 3 aromatic rings. The summed E-state index contributed by atoms with van der Waals surface area (Å²) in [4.78, 5) is 20.2. The van der Waals surface area contributed by atoms with E-state index in [-0.39, 0.29) is 5.56 Å². The number of fused-ring (bicyclic) bond motifs is 1. The highest BCUT2D eigenvalue weighted by Gasteiger charge is 2.15. The first-order valence-electron chi connectivity index (χ1n) is 10.6. The topological polar surface area (TPSA) is 51.4 Å². The molecule has 164 valence electrons. The average molecular weight is 457 g/mol. The van der Waals surface area contributed by atoms with Crippen LogP contribution in [0.15, 0.2) is 53.3 Å². The Labute approximate surface area is 194 Å². The van der Waals surface area contributed by atoms with Gasteiger partial charge < -0.3 is 20.1 Å². The number of pyridine rings is 1. The van der Waals surface area contributed by atoms with Crippen molar-refractivity contribution in [3.05, 3.63) is 75.0 Å². The van der Waals surface area contributed by atoms with E-state index < -0.39 is 0 Å². The van der Waals surface area contributed by atoms with Gasteiger partial charge in [0.05, 0.1) is 12.1 Å². The number of anilines is 1. The molecule has 1 heterocycles. The summed E-state index contributed by atoms with van der Waals surface area (Å²) in [6.45, 7) is 10.2. The van der Waals surface area contributed by atoms with Crippen molar-refractivity contribution in [1.29, 1.82) is 0 Å². The number of thiocarbonyl (C=S) groups is 1. The summed E-state index contributed by atoms with van der Waals surface area (Å²) >= 11 is 11.8. The number of H-pyrrole nitrogens is 1. The minimum Gasteiger partial charge on any atom is -0.343 e. The number of benzene rings is 2. The lowest BCUT2D eigenvalue weighted by Gasteiger charge is -2.29. The predicted molar refractivity (Wildman–Crippen MR) is 135 cm³/mol. The standard InChI is InChI=1S/C24H29ClN4OS/c1-4-28(5-2)12-13-29(24(31)26-21-11-7-10-20(25)15-21)16-19-14-18-9-6-8-17(3)22(18)27-23(19)30/h6-11,14-15H,4-5,12-13,16H2,1-3H3,(H,26,31)(H,27,30). The van der Waals surface area contributed by atoms with E-state index >= 15 is 0 Å². The number of nitrogens with zero attached hydrogens (tertiary/aromatic N) is 2. The summed E-state index contributed by atoms with van der Waals surface area (Å²) in [5.41, 5.74) is 3.37. The molecule has 31 heavy (non-hydrogen) atoms. The van der Waals surface area contributed by atoms with Gasteiger partial charge in [0.2, 0.25) is 0 Å². The summed E-state index contributed by atoms with van der Waals surface area (Å²) in [5.74, 6) is 0. The third-order valence-electron chi connectivity index (χ3n) is 5.47. The van der Waals surface area contributed by atoms with Gasteiger partial charge in [0, 0.05) is 29.4 Å². The largest absolute Gasteiger partial charge is 0.343 e. The summed E-state index contributed by atoms with van der Waals surface area (Å²) < 4.78 is 0. The van der Waals surface area contributed by atoms with Crippen LogP contribution < -0.4 is 10.9 Å². The molecule has 5 nitrogen and oxygen atoms in total. The SMILES string of the molecule is CCN(CC)CCN(Cc1cc2cccc(C)c2[nH]c1=O)C(=S)Nc1cccc(Cl)c1. The number of para-hydroxylation sites is 1. The molecule has 2 aromatic carbocycles. The average Bonchev–Trinajstić information content (AvgIpc) is 2.74. The van der Waals surface area contributed by atoms with Crippen molar-refractivity contribution in [3.63, 3.8) is 0 Å². The Morgan fingerprint density at radius 2 is 1.84 bits per heavy atom. The van der Waals surface area contributed by atoms with Crippen molar-refractivity contribution in [2.75, 3.05) is 31.5 Å². The highest BCUT2D eigenvalue weighted by atomic mass is 35.5. The minimum absolute atomic E-state index is 0.0832. The number of hydrogen-bond donors (Lipinski definition) is 2.